The smallest absolute Gasteiger partial charge is 0.421 e. The summed E-state index contributed by atoms with van der Waals surface area (Å²) in [5, 5.41) is 0.314. The molecule has 9 heteroatoms. The molecule has 1 aromatic carbocycles. The number of fused-ring (bicyclic) bond motifs is 1. The summed E-state index contributed by atoms with van der Waals surface area (Å²) >= 11 is 5.66. The number of alkyl halides is 3. The first-order valence-electron chi connectivity index (χ1n) is 6.61. The van der Waals surface area contributed by atoms with Gasteiger partial charge in [-0.1, -0.05) is 6.07 Å². The normalized spacial score (nSPS) is 11.7. The van der Waals surface area contributed by atoms with Crippen molar-refractivity contribution in [2.45, 2.75) is 6.18 Å². The Bertz CT molecular complexity index is 937. The van der Waals surface area contributed by atoms with Gasteiger partial charge in [0.25, 0.3) is 0 Å². The zero-order valence-electron chi connectivity index (χ0n) is 12.1. The van der Waals surface area contributed by atoms with Crippen LogP contribution in [0.4, 0.5) is 13.2 Å². The summed E-state index contributed by atoms with van der Waals surface area (Å²) in [5.74, 6) is -1.01. The number of carbonyl (C=O) groups is 1. The van der Waals surface area contributed by atoms with E-state index in [1.54, 1.807) is 12.1 Å². The number of aromatic nitrogens is 3. The van der Waals surface area contributed by atoms with E-state index in [2.05, 4.69) is 14.7 Å². The van der Waals surface area contributed by atoms with Crippen LogP contribution in [0.3, 0.4) is 0 Å². The number of esters is 1. The van der Waals surface area contributed by atoms with Gasteiger partial charge in [0.2, 0.25) is 5.28 Å². The predicted octanol–water partition coefficient (Wildman–Crippen LogP) is 3.88. The van der Waals surface area contributed by atoms with E-state index in [0.717, 1.165) is 0 Å². The summed E-state index contributed by atoms with van der Waals surface area (Å²) in [7, 11) is 1.22. The molecular formula is C15H9ClF3N3O2. The Hall–Kier alpha value is -2.61. The molecule has 0 aliphatic rings. The van der Waals surface area contributed by atoms with E-state index in [0.29, 0.717) is 17.1 Å². The van der Waals surface area contributed by atoms with Gasteiger partial charge in [-0.05, 0) is 29.8 Å². The van der Waals surface area contributed by atoms with Crippen molar-refractivity contribution in [1.29, 1.82) is 0 Å². The van der Waals surface area contributed by atoms with E-state index >= 15 is 0 Å². The summed E-state index contributed by atoms with van der Waals surface area (Å²) < 4.78 is 45.5. The second-order valence-corrected chi connectivity index (χ2v) is 5.16. The molecule has 3 rings (SSSR count). The van der Waals surface area contributed by atoms with Crippen molar-refractivity contribution in [3.8, 4) is 5.82 Å². The zero-order valence-corrected chi connectivity index (χ0v) is 12.9. The van der Waals surface area contributed by atoms with Crippen LogP contribution >= 0.6 is 11.6 Å². The average Bonchev–Trinajstić information content (AvgIpc) is 2.95. The lowest BCUT2D eigenvalue weighted by Gasteiger charge is -2.13. The van der Waals surface area contributed by atoms with Crippen LogP contribution < -0.4 is 0 Å². The highest BCUT2D eigenvalue weighted by Crippen LogP contribution is 2.34. The Labute approximate surface area is 138 Å². The van der Waals surface area contributed by atoms with Gasteiger partial charge in [-0.25, -0.2) is 9.78 Å². The maximum atomic E-state index is 13.2. The maximum absolute atomic E-state index is 13.2. The van der Waals surface area contributed by atoms with Crippen molar-refractivity contribution in [1.82, 2.24) is 14.5 Å². The molecule has 0 saturated carbocycles. The van der Waals surface area contributed by atoms with Gasteiger partial charge in [0.1, 0.15) is 5.56 Å². The van der Waals surface area contributed by atoms with Gasteiger partial charge in [-0.3, -0.25) is 0 Å². The fourth-order valence-corrected chi connectivity index (χ4v) is 2.42. The Morgan fingerprint density at radius 2 is 2.04 bits per heavy atom. The topological polar surface area (TPSA) is 57.0 Å². The van der Waals surface area contributed by atoms with E-state index in [1.165, 1.54) is 30.0 Å². The number of ether oxygens (including phenoxy) is 1. The summed E-state index contributed by atoms with van der Waals surface area (Å²) in [6, 6.07) is 6.16. The van der Waals surface area contributed by atoms with Crippen LogP contribution in [-0.4, -0.2) is 27.6 Å². The van der Waals surface area contributed by atoms with Crippen molar-refractivity contribution in [2.75, 3.05) is 7.11 Å². The monoisotopic (exact) mass is 355 g/mol. The molecule has 0 radical (unpaired) electrons. The van der Waals surface area contributed by atoms with E-state index in [4.69, 9.17) is 11.6 Å². The molecule has 0 aliphatic carbocycles. The maximum Gasteiger partial charge on any atom is 0.421 e. The molecule has 0 amide bonds. The number of methoxy groups -OCH3 is 1. The van der Waals surface area contributed by atoms with Crippen LogP contribution in [-0.2, 0) is 10.9 Å². The molecule has 3 aromatic rings. The number of benzene rings is 1. The van der Waals surface area contributed by atoms with Gasteiger partial charge >= 0.3 is 12.1 Å². The second-order valence-electron chi connectivity index (χ2n) is 4.82. The zero-order chi connectivity index (χ0) is 17.5. The van der Waals surface area contributed by atoms with E-state index in [1.807, 2.05) is 0 Å². The van der Waals surface area contributed by atoms with E-state index < -0.39 is 23.5 Å². The Morgan fingerprint density at radius 1 is 1.29 bits per heavy atom. The number of carbonyl (C=O) groups excluding carboxylic acids is 1. The van der Waals surface area contributed by atoms with Gasteiger partial charge in [-0.2, -0.15) is 18.2 Å². The van der Waals surface area contributed by atoms with E-state index in [9.17, 15) is 18.0 Å². The van der Waals surface area contributed by atoms with Gasteiger partial charge in [-0.15, -0.1) is 0 Å². The third kappa shape index (κ3) is 2.80. The first-order chi connectivity index (χ1) is 11.3. The molecule has 2 aromatic heterocycles. The Morgan fingerprint density at radius 3 is 2.71 bits per heavy atom. The number of hydrogen-bond acceptors (Lipinski definition) is 4. The molecule has 24 heavy (non-hydrogen) atoms. The molecule has 0 N–H and O–H groups in total. The molecule has 0 spiro atoms. The van der Waals surface area contributed by atoms with Gasteiger partial charge in [0, 0.05) is 17.8 Å². The fourth-order valence-electron chi connectivity index (χ4n) is 2.29. The standard InChI is InChI=1S/C15H9ClF3N3O2/c1-24-13(23)9-3-2-8-4-5-22(11(8)6-9)12-10(15(17,18)19)7-20-14(16)21-12/h2-7H,1H3. The van der Waals surface area contributed by atoms with Crippen molar-refractivity contribution in [3.05, 3.63) is 53.1 Å². The largest absolute Gasteiger partial charge is 0.465 e. The molecule has 124 valence electrons. The van der Waals surface area contributed by atoms with Crippen molar-refractivity contribution >= 4 is 28.5 Å². The molecule has 5 nitrogen and oxygen atoms in total. The van der Waals surface area contributed by atoms with E-state index in [-0.39, 0.29) is 10.8 Å². The number of rotatable bonds is 2. The van der Waals surface area contributed by atoms with Crippen LogP contribution in [0, 0.1) is 0 Å². The summed E-state index contributed by atoms with van der Waals surface area (Å²) in [4.78, 5) is 18.8. The third-order valence-electron chi connectivity index (χ3n) is 3.39. The molecule has 0 aliphatic heterocycles. The minimum Gasteiger partial charge on any atom is -0.465 e. The van der Waals surface area contributed by atoms with Crippen LogP contribution in [0.1, 0.15) is 15.9 Å². The number of halogens is 4. The Kier molecular flexibility index (Phi) is 3.92. The van der Waals surface area contributed by atoms with Crippen molar-refractivity contribution in [3.63, 3.8) is 0 Å². The average molecular weight is 356 g/mol. The van der Waals surface area contributed by atoms with Gasteiger partial charge < -0.3 is 9.30 Å². The number of hydrogen-bond donors (Lipinski definition) is 0. The molecule has 0 saturated heterocycles. The minimum atomic E-state index is -4.66. The lowest BCUT2D eigenvalue weighted by atomic mass is 10.1. The van der Waals surface area contributed by atoms with Crippen LogP contribution in [0.2, 0.25) is 5.28 Å². The van der Waals surface area contributed by atoms with Crippen LogP contribution in [0.25, 0.3) is 16.7 Å². The first-order valence-corrected chi connectivity index (χ1v) is 6.98. The lowest BCUT2D eigenvalue weighted by molar-refractivity contribution is -0.137. The van der Waals surface area contributed by atoms with Gasteiger partial charge in [0.05, 0.1) is 18.2 Å². The molecule has 0 atom stereocenters. The SMILES string of the molecule is COC(=O)c1ccc2ccn(-c3nc(Cl)ncc3C(F)(F)F)c2c1. The predicted molar refractivity (Wildman–Crippen MR) is 80.2 cm³/mol. The fraction of sp³-hybridized carbons (Fsp3) is 0.133. The highest BCUT2D eigenvalue weighted by molar-refractivity contribution is 6.28. The molecule has 0 fully saturated rings. The summed E-state index contributed by atoms with van der Waals surface area (Å²) in [5.41, 5.74) is -0.468. The molecular weight excluding hydrogens is 347 g/mol. The van der Waals surface area contributed by atoms with Crippen molar-refractivity contribution in [2.24, 2.45) is 0 Å². The molecule has 0 bridgehead atoms. The summed E-state index contributed by atoms with van der Waals surface area (Å²) in [6.45, 7) is 0. The minimum absolute atomic E-state index is 0.207. The third-order valence-corrected chi connectivity index (χ3v) is 3.57. The van der Waals surface area contributed by atoms with Crippen molar-refractivity contribution < 1.29 is 22.7 Å². The number of nitrogens with zero attached hydrogens (tertiary/aromatic N) is 3. The summed E-state index contributed by atoms with van der Waals surface area (Å²) in [6.07, 6.45) is -2.61. The van der Waals surface area contributed by atoms with Crippen LogP contribution in [0.15, 0.2) is 36.7 Å². The highest BCUT2D eigenvalue weighted by atomic mass is 35.5. The lowest BCUT2D eigenvalue weighted by Crippen LogP contribution is -2.13. The second kappa shape index (κ2) is 5.79. The van der Waals surface area contributed by atoms with Crippen LogP contribution in [0.5, 0.6) is 0 Å². The molecule has 2 heterocycles. The highest BCUT2D eigenvalue weighted by Gasteiger charge is 2.36. The van der Waals surface area contributed by atoms with Gasteiger partial charge in [0.15, 0.2) is 5.82 Å². The molecule has 0 unspecified atom stereocenters. The quantitative estimate of drug-likeness (QED) is 0.517. The first kappa shape index (κ1) is 16.3. The Balaban J connectivity index is 2.27.